The third-order valence-electron chi connectivity index (χ3n) is 2.23. The molecule has 1 aromatic heterocycles. The number of hydrogen-bond donors (Lipinski definition) is 0. The molecule has 0 amide bonds. The molecule has 0 atom stereocenters. The zero-order valence-electron chi connectivity index (χ0n) is 8.64. The third kappa shape index (κ3) is 2.44. The summed E-state index contributed by atoms with van der Waals surface area (Å²) in [5.41, 5.74) is 1.48. The molecule has 1 heterocycles. The van der Waals surface area contributed by atoms with Gasteiger partial charge in [-0.2, -0.15) is 0 Å². The van der Waals surface area contributed by atoms with Gasteiger partial charge in [0.25, 0.3) is 0 Å². The number of aryl methyl sites for hydroxylation is 1. The average molecular weight is 336 g/mol. The maximum absolute atomic E-state index is 14.0. The molecule has 0 spiro atoms. The molecule has 88 valence electrons. The highest BCUT2D eigenvalue weighted by atomic mass is 79.9. The van der Waals surface area contributed by atoms with E-state index in [1.54, 1.807) is 25.3 Å². The molecule has 0 aliphatic carbocycles. The van der Waals surface area contributed by atoms with Gasteiger partial charge in [-0.25, -0.2) is 14.4 Å². The summed E-state index contributed by atoms with van der Waals surface area (Å²) in [6, 6.07) is 3.26. The Balaban J connectivity index is 2.69. The molecule has 0 aliphatic rings. The van der Waals surface area contributed by atoms with E-state index in [1.165, 1.54) is 0 Å². The van der Waals surface area contributed by atoms with Gasteiger partial charge < -0.3 is 0 Å². The minimum Gasteiger partial charge on any atom is -0.226 e. The number of halogens is 4. The van der Waals surface area contributed by atoms with Crippen LogP contribution < -0.4 is 0 Å². The molecule has 0 aliphatic heterocycles. The Hall–Kier alpha value is -0.710. The topological polar surface area (TPSA) is 25.8 Å². The summed E-state index contributed by atoms with van der Waals surface area (Å²) in [5, 5.41) is 0.0978. The van der Waals surface area contributed by atoms with Crippen molar-refractivity contribution in [3.05, 3.63) is 44.5 Å². The van der Waals surface area contributed by atoms with E-state index in [-0.39, 0.29) is 10.3 Å². The van der Waals surface area contributed by atoms with Gasteiger partial charge in [0.15, 0.2) is 5.82 Å². The molecule has 0 radical (unpaired) electrons. The van der Waals surface area contributed by atoms with Crippen LogP contribution in [0.1, 0.15) is 5.56 Å². The molecule has 17 heavy (non-hydrogen) atoms. The van der Waals surface area contributed by atoms with Crippen molar-refractivity contribution in [2.75, 3.05) is 0 Å². The summed E-state index contributed by atoms with van der Waals surface area (Å²) in [6.07, 6.45) is 1.54. The smallest absolute Gasteiger partial charge is 0.222 e. The lowest BCUT2D eigenvalue weighted by molar-refractivity contribution is 0.630. The van der Waals surface area contributed by atoms with Crippen molar-refractivity contribution < 1.29 is 4.39 Å². The second-order valence-corrected chi connectivity index (χ2v) is 4.96. The highest BCUT2D eigenvalue weighted by Crippen LogP contribution is 2.33. The largest absolute Gasteiger partial charge is 0.226 e. The molecule has 2 nitrogen and oxygen atoms in total. The molecule has 0 fully saturated rings. The fourth-order valence-corrected chi connectivity index (χ4v) is 2.01. The SMILES string of the molecule is Cc1cnc(Cl)nc1-c1ccc(Br)c(Cl)c1F. The maximum Gasteiger partial charge on any atom is 0.222 e. The van der Waals surface area contributed by atoms with Crippen LogP contribution in [0.25, 0.3) is 11.3 Å². The number of rotatable bonds is 1. The van der Waals surface area contributed by atoms with Gasteiger partial charge in [-0.3, -0.25) is 0 Å². The number of aromatic nitrogens is 2. The van der Waals surface area contributed by atoms with Gasteiger partial charge in [0.05, 0.1) is 10.7 Å². The molecule has 0 unspecified atom stereocenters. The lowest BCUT2D eigenvalue weighted by Gasteiger charge is -2.08. The Bertz CT molecular complexity index is 590. The van der Waals surface area contributed by atoms with E-state index in [9.17, 15) is 4.39 Å². The Morgan fingerprint density at radius 1 is 1.29 bits per heavy atom. The summed E-state index contributed by atoms with van der Waals surface area (Å²) < 4.78 is 14.5. The molecule has 2 rings (SSSR count). The van der Waals surface area contributed by atoms with Crippen LogP contribution in [0.3, 0.4) is 0 Å². The van der Waals surface area contributed by atoms with Gasteiger partial charge in [0.2, 0.25) is 5.28 Å². The van der Waals surface area contributed by atoms with Crippen LogP contribution in [0, 0.1) is 12.7 Å². The summed E-state index contributed by atoms with van der Waals surface area (Å²) in [7, 11) is 0. The van der Waals surface area contributed by atoms with Crippen molar-refractivity contribution in [3.63, 3.8) is 0 Å². The van der Waals surface area contributed by atoms with E-state index in [1.807, 2.05) is 0 Å². The first kappa shape index (κ1) is 12.7. The minimum atomic E-state index is -0.529. The maximum atomic E-state index is 14.0. The molecule has 0 N–H and O–H groups in total. The first-order valence-electron chi connectivity index (χ1n) is 4.63. The van der Waals surface area contributed by atoms with Gasteiger partial charge in [-0.15, -0.1) is 0 Å². The van der Waals surface area contributed by atoms with Crippen LogP contribution in [0.15, 0.2) is 22.8 Å². The van der Waals surface area contributed by atoms with Gasteiger partial charge in [0, 0.05) is 16.2 Å². The number of benzene rings is 1. The lowest BCUT2D eigenvalue weighted by atomic mass is 10.1. The van der Waals surface area contributed by atoms with Crippen LogP contribution in [0.5, 0.6) is 0 Å². The summed E-state index contributed by atoms with van der Waals surface area (Å²) in [6.45, 7) is 1.78. The molecule has 0 bridgehead atoms. The van der Waals surface area contributed by atoms with E-state index in [2.05, 4.69) is 25.9 Å². The fourth-order valence-electron chi connectivity index (χ4n) is 1.40. The molecule has 0 saturated heterocycles. The highest BCUT2D eigenvalue weighted by Gasteiger charge is 2.15. The number of hydrogen-bond acceptors (Lipinski definition) is 2. The first-order chi connectivity index (χ1) is 8.00. The van der Waals surface area contributed by atoms with Crippen LogP contribution in [-0.2, 0) is 0 Å². The van der Waals surface area contributed by atoms with Gasteiger partial charge >= 0.3 is 0 Å². The standard InChI is InChI=1S/C11H6BrCl2FN2/c1-5-4-16-11(14)17-10(5)6-2-3-7(12)8(13)9(6)15/h2-4H,1H3. The summed E-state index contributed by atoms with van der Waals surface area (Å²) in [5.74, 6) is -0.529. The van der Waals surface area contributed by atoms with Gasteiger partial charge in [0.1, 0.15) is 0 Å². The van der Waals surface area contributed by atoms with Crippen LogP contribution in [0.2, 0.25) is 10.3 Å². The van der Waals surface area contributed by atoms with Crippen molar-refractivity contribution in [1.29, 1.82) is 0 Å². The Morgan fingerprint density at radius 3 is 2.71 bits per heavy atom. The van der Waals surface area contributed by atoms with Crippen LogP contribution in [-0.4, -0.2) is 9.97 Å². The van der Waals surface area contributed by atoms with Crippen molar-refractivity contribution >= 4 is 39.1 Å². The van der Waals surface area contributed by atoms with E-state index in [4.69, 9.17) is 23.2 Å². The lowest BCUT2D eigenvalue weighted by Crippen LogP contribution is -1.95. The Labute approximate surface area is 116 Å². The predicted octanol–water partition coefficient (Wildman–Crippen LogP) is 4.66. The predicted molar refractivity (Wildman–Crippen MR) is 69.9 cm³/mol. The zero-order valence-corrected chi connectivity index (χ0v) is 11.7. The van der Waals surface area contributed by atoms with Gasteiger partial charge in [-0.1, -0.05) is 11.6 Å². The second kappa shape index (κ2) is 4.88. The van der Waals surface area contributed by atoms with Crippen molar-refractivity contribution in [1.82, 2.24) is 9.97 Å². The van der Waals surface area contributed by atoms with E-state index in [0.29, 0.717) is 15.7 Å². The zero-order chi connectivity index (χ0) is 12.6. The summed E-state index contributed by atoms with van der Waals surface area (Å²) in [4.78, 5) is 7.84. The molecule has 1 aromatic carbocycles. The van der Waals surface area contributed by atoms with Crippen LogP contribution >= 0.6 is 39.1 Å². The average Bonchev–Trinajstić information content (AvgIpc) is 2.30. The van der Waals surface area contributed by atoms with E-state index in [0.717, 1.165) is 5.56 Å². The summed E-state index contributed by atoms with van der Waals surface area (Å²) >= 11 is 14.7. The molecule has 0 saturated carbocycles. The van der Waals surface area contributed by atoms with Crippen LogP contribution in [0.4, 0.5) is 4.39 Å². The normalized spacial score (nSPS) is 10.6. The van der Waals surface area contributed by atoms with Crippen molar-refractivity contribution in [3.8, 4) is 11.3 Å². The van der Waals surface area contributed by atoms with Gasteiger partial charge in [-0.05, 0) is 52.2 Å². The molecular weight excluding hydrogens is 330 g/mol. The number of nitrogens with zero attached hydrogens (tertiary/aromatic N) is 2. The minimum absolute atomic E-state index is 0.0247. The molecule has 2 aromatic rings. The fraction of sp³-hybridized carbons (Fsp3) is 0.0909. The van der Waals surface area contributed by atoms with Crippen molar-refractivity contribution in [2.24, 2.45) is 0 Å². The monoisotopic (exact) mass is 334 g/mol. The molecule has 6 heteroatoms. The van der Waals surface area contributed by atoms with E-state index < -0.39 is 5.82 Å². The first-order valence-corrected chi connectivity index (χ1v) is 6.18. The van der Waals surface area contributed by atoms with E-state index >= 15 is 0 Å². The Morgan fingerprint density at radius 2 is 2.00 bits per heavy atom. The highest BCUT2D eigenvalue weighted by molar-refractivity contribution is 9.10. The Kier molecular flexibility index (Phi) is 3.66. The second-order valence-electron chi connectivity index (χ2n) is 3.39. The third-order valence-corrected chi connectivity index (χ3v) is 3.67. The molecular formula is C11H6BrCl2FN2. The van der Waals surface area contributed by atoms with Crippen molar-refractivity contribution in [2.45, 2.75) is 6.92 Å². The quantitative estimate of drug-likeness (QED) is 0.559.